The molecule has 0 spiro atoms. The van der Waals surface area contributed by atoms with Gasteiger partial charge in [0, 0.05) is 67.8 Å². The van der Waals surface area contributed by atoms with Crippen LogP contribution in [0.1, 0.15) is 22.6 Å². The molecule has 5 aromatic rings. The van der Waals surface area contributed by atoms with Crippen LogP contribution in [-0.2, 0) is 17.7 Å². The fourth-order valence-electron chi connectivity index (χ4n) is 5.49. The lowest BCUT2D eigenvalue weighted by Gasteiger charge is -2.25. The number of benzene rings is 2. The van der Waals surface area contributed by atoms with Gasteiger partial charge in [0.2, 0.25) is 0 Å². The van der Waals surface area contributed by atoms with Crippen molar-refractivity contribution >= 4 is 34.2 Å². The first-order valence-corrected chi connectivity index (χ1v) is 14.5. The van der Waals surface area contributed by atoms with E-state index in [1.54, 1.807) is 18.3 Å². The second-order valence-electron chi connectivity index (χ2n) is 10.8. The number of hydrogen-bond acceptors (Lipinski definition) is 7. The Bertz CT molecular complexity index is 1860. The standard InChI is InChI=1S/C33H34FN7O2/c1-23-22-40(31-18-28(34)3-4-29(23)31)32-6-7-33(42)41(38-32)10-8-24-2-5-30-25(16-24)17-26(21-37-30)27(19-35)20-36-9-11-39-12-14-43-15-13-39/h2-7,16-22,27,35H,8-15H2,1H3. The summed E-state index contributed by atoms with van der Waals surface area (Å²) in [5.41, 5.74) is 4.32. The van der Waals surface area contributed by atoms with Gasteiger partial charge in [-0.2, -0.15) is 5.10 Å². The first-order chi connectivity index (χ1) is 21.0. The van der Waals surface area contributed by atoms with Crippen LogP contribution < -0.4 is 5.56 Å². The Morgan fingerprint density at radius 2 is 1.95 bits per heavy atom. The Morgan fingerprint density at radius 3 is 2.79 bits per heavy atom. The van der Waals surface area contributed by atoms with E-state index in [2.05, 4.69) is 32.1 Å². The van der Waals surface area contributed by atoms with Gasteiger partial charge in [0.05, 0.1) is 36.7 Å². The minimum Gasteiger partial charge on any atom is -0.379 e. The summed E-state index contributed by atoms with van der Waals surface area (Å²) in [6, 6.07) is 16.0. The van der Waals surface area contributed by atoms with Crippen molar-refractivity contribution in [2.24, 2.45) is 4.99 Å². The summed E-state index contributed by atoms with van der Waals surface area (Å²) in [6.07, 6.45) is 7.52. The Kier molecular flexibility index (Phi) is 8.48. The molecule has 1 aliphatic rings. The molecule has 43 heavy (non-hydrogen) atoms. The molecule has 1 fully saturated rings. The average molecular weight is 580 g/mol. The maximum absolute atomic E-state index is 14.0. The van der Waals surface area contributed by atoms with E-state index in [4.69, 9.17) is 10.1 Å². The largest absolute Gasteiger partial charge is 0.379 e. The number of aryl methyl sites for hydroxylation is 3. The number of ether oxygens (including phenoxy) is 1. The molecule has 1 N–H and O–H groups in total. The quantitative estimate of drug-likeness (QED) is 0.245. The van der Waals surface area contributed by atoms with Crippen molar-refractivity contribution in [3.05, 3.63) is 99.9 Å². The summed E-state index contributed by atoms with van der Waals surface area (Å²) >= 11 is 0. The van der Waals surface area contributed by atoms with Gasteiger partial charge in [0.15, 0.2) is 5.82 Å². The lowest BCUT2D eigenvalue weighted by Crippen LogP contribution is -2.37. The molecule has 10 heteroatoms. The van der Waals surface area contributed by atoms with Crippen molar-refractivity contribution in [2.75, 3.05) is 39.4 Å². The summed E-state index contributed by atoms with van der Waals surface area (Å²) in [7, 11) is 0. The van der Waals surface area contributed by atoms with Gasteiger partial charge in [0.1, 0.15) is 5.82 Å². The molecule has 0 amide bonds. The summed E-state index contributed by atoms with van der Waals surface area (Å²) in [6.45, 7) is 7.32. The number of rotatable bonds is 10. The van der Waals surface area contributed by atoms with Crippen molar-refractivity contribution in [3.63, 3.8) is 0 Å². The van der Waals surface area contributed by atoms with Crippen molar-refractivity contribution < 1.29 is 9.13 Å². The van der Waals surface area contributed by atoms with E-state index in [1.807, 2.05) is 36.0 Å². The zero-order chi connectivity index (χ0) is 29.8. The summed E-state index contributed by atoms with van der Waals surface area (Å²) < 4.78 is 22.7. The van der Waals surface area contributed by atoms with Gasteiger partial charge in [-0.25, -0.2) is 9.07 Å². The lowest BCUT2D eigenvalue weighted by atomic mass is 10.0. The van der Waals surface area contributed by atoms with Crippen molar-refractivity contribution in [1.82, 2.24) is 24.2 Å². The molecular weight excluding hydrogens is 545 g/mol. The summed E-state index contributed by atoms with van der Waals surface area (Å²) in [4.78, 5) is 24.2. The zero-order valence-corrected chi connectivity index (χ0v) is 24.1. The van der Waals surface area contributed by atoms with E-state index in [0.717, 1.165) is 65.8 Å². The second kappa shape index (κ2) is 12.8. The number of fused-ring (bicyclic) bond motifs is 2. The fourth-order valence-corrected chi connectivity index (χ4v) is 5.49. The van der Waals surface area contributed by atoms with Crippen LogP contribution in [0.15, 0.2) is 76.8 Å². The number of aromatic nitrogens is 4. The number of hydrogen-bond donors (Lipinski definition) is 1. The third-order valence-electron chi connectivity index (χ3n) is 7.92. The van der Waals surface area contributed by atoms with Crippen LogP contribution >= 0.6 is 0 Å². The number of nitrogens with zero attached hydrogens (tertiary/aromatic N) is 6. The van der Waals surface area contributed by atoms with E-state index < -0.39 is 0 Å². The predicted molar refractivity (Wildman–Crippen MR) is 168 cm³/mol. The third-order valence-corrected chi connectivity index (χ3v) is 7.92. The van der Waals surface area contributed by atoms with Crippen LogP contribution in [-0.4, -0.2) is 76.1 Å². The molecule has 1 unspecified atom stereocenters. The normalized spacial score (nSPS) is 15.0. The minimum absolute atomic E-state index is 0.199. The highest BCUT2D eigenvalue weighted by atomic mass is 19.1. The van der Waals surface area contributed by atoms with E-state index in [9.17, 15) is 9.18 Å². The number of halogens is 1. The van der Waals surface area contributed by atoms with E-state index in [1.165, 1.54) is 29.1 Å². The Hall–Kier alpha value is -4.54. The SMILES string of the molecule is Cc1cn(-c2ccc(=O)n(CCc3ccc4ncc(C(C=N)C=NCCN5CCOCC5)cc4c3)n2)c2cc(F)ccc12. The summed E-state index contributed by atoms with van der Waals surface area (Å²) in [5.74, 6) is -0.0188. The van der Waals surface area contributed by atoms with Gasteiger partial charge in [-0.05, 0) is 72.5 Å². The smallest absolute Gasteiger partial charge is 0.266 e. The topological polar surface area (TPSA) is 101 Å². The van der Waals surface area contributed by atoms with Crippen molar-refractivity contribution in [2.45, 2.75) is 25.8 Å². The van der Waals surface area contributed by atoms with E-state index >= 15 is 0 Å². The first kappa shape index (κ1) is 28.6. The molecule has 0 aliphatic carbocycles. The molecule has 220 valence electrons. The minimum atomic E-state index is -0.322. The van der Waals surface area contributed by atoms with Gasteiger partial charge in [-0.1, -0.05) is 6.07 Å². The predicted octanol–water partition coefficient (Wildman–Crippen LogP) is 4.56. The molecule has 1 aliphatic heterocycles. The second-order valence-corrected chi connectivity index (χ2v) is 10.8. The number of pyridine rings is 1. The lowest BCUT2D eigenvalue weighted by molar-refractivity contribution is 0.0394. The van der Waals surface area contributed by atoms with Crippen LogP contribution in [0.2, 0.25) is 0 Å². The number of nitrogens with one attached hydrogen (secondary N) is 1. The van der Waals surface area contributed by atoms with Crippen LogP contribution in [0.3, 0.4) is 0 Å². The molecule has 2 aromatic carbocycles. The van der Waals surface area contributed by atoms with E-state index in [-0.39, 0.29) is 17.3 Å². The van der Waals surface area contributed by atoms with Crippen LogP contribution in [0, 0.1) is 18.2 Å². The maximum Gasteiger partial charge on any atom is 0.266 e. The molecule has 9 nitrogen and oxygen atoms in total. The molecule has 0 saturated carbocycles. The van der Waals surface area contributed by atoms with Crippen LogP contribution in [0.5, 0.6) is 0 Å². The maximum atomic E-state index is 14.0. The van der Waals surface area contributed by atoms with Gasteiger partial charge in [0.25, 0.3) is 5.56 Å². The number of aliphatic imine (C=N–C) groups is 1. The highest BCUT2D eigenvalue weighted by Gasteiger charge is 2.13. The number of morpholine rings is 1. The van der Waals surface area contributed by atoms with Gasteiger partial charge in [-0.15, -0.1) is 0 Å². The molecule has 4 heterocycles. The fraction of sp³-hybridized carbons (Fsp3) is 0.303. The van der Waals surface area contributed by atoms with Gasteiger partial charge in [-0.3, -0.25) is 24.2 Å². The molecule has 0 bridgehead atoms. The molecule has 3 aromatic heterocycles. The van der Waals surface area contributed by atoms with Crippen molar-refractivity contribution in [3.8, 4) is 5.82 Å². The van der Waals surface area contributed by atoms with Crippen molar-refractivity contribution in [1.29, 1.82) is 5.41 Å². The molecule has 6 rings (SSSR count). The monoisotopic (exact) mass is 579 g/mol. The first-order valence-electron chi connectivity index (χ1n) is 14.5. The summed E-state index contributed by atoms with van der Waals surface area (Å²) in [5, 5.41) is 14.5. The van der Waals surface area contributed by atoms with E-state index in [0.29, 0.717) is 30.8 Å². The zero-order valence-electron chi connectivity index (χ0n) is 24.1. The van der Waals surface area contributed by atoms with Gasteiger partial charge >= 0.3 is 0 Å². The highest BCUT2D eigenvalue weighted by Crippen LogP contribution is 2.24. The van der Waals surface area contributed by atoms with Gasteiger partial charge < -0.3 is 10.1 Å². The average Bonchev–Trinajstić information content (AvgIpc) is 3.35. The third kappa shape index (κ3) is 6.45. The highest BCUT2D eigenvalue weighted by molar-refractivity contribution is 5.91. The molecule has 0 radical (unpaired) electrons. The Labute approximate surface area is 248 Å². The Morgan fingerprint density at radius 1 is 1.09 bits per heavy atom. The molecular formula is C33H34FN7O2. The van der Waals surface area contributed by atoms with Crippen LogP contribution in [0.25, 0.3) is 27.6 Å². The molecule has 1 saturated heterocycles. The molecule has 1 atom stereocenters. The van der Waals surface area contributed by atoms with Crippen LogP contribution in [0.4, 0.5) is 4.39 Å². The Balaban J connectivity index is 1.17.